The van der Waals surface area contributed by atoms with Crippen LogP contribution in [0.5, 0.6) is 0 Å². The van der Waals surface area contributed by atoms with Gasteiger partial charge in [-0.05, 0) is 24.5 Å². The molecular formula is C16H23ClN4O. The molecular weight excluding hydrogens is 300 g/mol. The van der Waals surface area contributed by atoms with Crippen molar-refractivity contribution in [1.29, 1.82) is 0 Å². The lowest BCUT2D eigenvalue weighted by Crippen LogP contribution is -2.58. The van der Waals surface area contributed by atoms with Gasteiger partial charge in [-0.3, -0.25) is 5.43 Å². The topological polar surface area (TPSA) is 38.8 Å². The summed E-state index contributed by atoms with van der Waals surface area (Å²) in [5, 5.41) is 2.87. The fourth-order valence-electron chi connectivity index (χ4n) is 2.87. The van der Waals surface area contributed by atoms with Crippen LogP contribution in [-0.4, -0.2) is 55.2 Å². The zero-order valence-electron chi connectivity index (χ0n) is 13.0. The standard InChI is InChI=1S/C16H23ClN4O/c1-2-13-5-3-6-14(15(13)17)19-9-11-21(12-10-19)18-16(22)20-7-4-8-20/h3,5-6H,2,4,7-12H2,1H3,(H,18,22). The Morgan fingerprint density at radius 2 is 1.91 bits per heavy atom. The van der Waals surface area contributed by atoms with Gasteiger partial charge in [-0.25, -0.2) is 9.80 Å². The second-order valence-electron chi connectivity index (χ2n) is 5.84. The second-order valence-corrected chi connectivity index (χ2v) is 6.21. The summed E-state index contributed by atoms with van der Waals surface area (Å²) in [4.78, 5) is 16.1. The summed E-state index contributed by atoms with van der Waals surface area (Å²) in [6, 6.07) is 6.26. The molecule has 2 amide bonds. The molecule has 2 aliphatic heterocycles. The Balaban J connectivity index is 1.56. The van der Waals surface area contributed by atoms with Crippen LogP contribution < -0.4 is 10.3 Å². The number of aryl methyl sites for hydroxylation is 1. The SMILES string of the molecule is CCc1cccc(N2CCN(NC(=O)N3CCC3)CC2)c1Cl. The van der Waals surface area contributed by atoms with Crippen LogP contribution in [0.25, 0.3) is 0 Å². The van der Waals surface area contributed by atoms with E-state index in [0.717, 1.165) is 62.8 Å². The zero-order valence-corrected chi connectivity index (χ0v) is 13.8. The molecule has 0 radical (unpaired) electrons. The van der Waals surface area contributed by atoms with E-state index in [9.17, 15) is 4.79 Å². The van der Waals surface area contributed by atoms with Crippen LogP contribution in [0.2, 0.25) is 5.02 Å². The molecule has 1 aromatic carbocycles. The van der Waals surface area contributed by atoms with E-state index in [1.165, 1.54) is 5.56 Å². The molecule has 2 heterocycles. The molecule has 0 aliphatic carbocycles. The molecule has 120 valence electrons. The molecule has 1 aromatic rings. The van der Waals surface area contributed by atoms with Gasteiger partial charge in [0.2, 0.25) is 0 Å². The molecule has 0 bridgehead atoms. The number of urea groups is 1. The van der Waals surface area contributed by atoms with Crippen LogP contribution in [0.1, 0.15) is 18.9 Å². The van der Waals surface area contributed by atoms with Crippen molar-refractivity contribution in [3.63, 3.8) is 0 Å². The van der Waals surface area contributed by atoms with Crippen LogP contribution in [0.3, 0.4) is 0 Å². The predicted octanol–water partition coefficient (Wildman–Crippen LogP) is 2.35. The van der Waals surface area contributed by atoms with Crippen LogP contribution in [0.4, 0.5) is 10.5 Å². The smallest absolute Gasteiger partial charge is 0.331 e. The highest BCUT2D eigenvalue weighted by atomic mass is 35.5. The highest BCUT2D eigenvalue weighted by Gasteiger charge is 2.24. The summed E-state index contributed by atoms with van der Waals surface area (Å²) in [5.74, 6) is 0. The molecule has 0 saturated carbocycles. The lowest BCUT2D eigenvalue weighted by atomic mass is 10.1. The molecule has 22 heavy (non-hydrogen) atoms. The van der Waals surface area contributed by atoms with Gasteiger partial charge in [0.15, 0.2) is 0 Å². The van der Waals surface area contributed by atoms with Gasteiger partial charge in [-0.15, -0.1) is 0 Å². The van der Waals surface area contributed by atoms with Crippen LogP contribution in [-0.2, 0) is 6.42 Å². The monoisotopic (exact) mass is 322 g/mol. The fourth-order valence-corrected chi connectivity index (χ4v) is 3.25. The Kier molecular flexibility index (Phi) is 4.74. The molecule has 5 nitrogen and oxygen atoms in total. The third kappa shape index (κ3) is 3.15. The number of piperazine rings is 1. The van der Waals surface area contributed by atoms with Crippen LogP contribution in [0, 0.1) is 0 Å². The van der Waals surface area contributed by atoms with Crippen LogP contribution >= 0.6 is 11.6 Å². The van der Waals surface area contributed by atoms with Crippen molar-refractivity contribution in [2.24, 2.45) is 0 Å². The molecule has 2 saturated heterocycles. The maximum atomic E-state index is 11.9. The highest BCUT2D eigenvalue weighted by molar-refractivity contribution is 6.34. The lowest BCUT2D eigenvalue weighted by molar-refractivity contribution is 0.121. The number of hydrogen-bond acceptors (Lipinski definition) is 3. The molecule has 0 aromatic heterocycles. The van der Waals surface area contributed by atoms with Crippen molar-refractivity contribution in [1.82, 2.24) is 15.3 Å². The van der Waals surface area contributed by atoms with E-state index in [-0.39, 0.29) is 6.03 Å². The molecule has 6 heteroatoms. The zero-order chi connectivity index (χ0) is 15.5. The molecule has 0 atom stereocenters. The molecule has 2 fully saturated rings. The van der Waals surface area contributed by atoms with Crippen molar-refractivity contribution in [2.45, 2.75) is 19.8 Å². The summed E-state index contributed by atoms with van der Waals surface area (Å²) < 4.78 is 0. The first-order valence-electron chi connectivity index (χ1n) is 8.02. The average Bonchev–Trinajstić information content (AvgIpc) is 2.46. The number of benzene rings is 1. The molecule has 0 spiro atoms. The average molecular weight is 323 g/mol. The number of hydrazine groups is 1. The number of carbonyl (C=O) groups excluding carboxylic acids is 1. The number of likely N-dealkylation sites (tertiary alicyclic amines) is 1. The largest absolute Gasteiger partial charge is 0.368 e. The number of rotatable bonds is 3. The van der Waals surface area contributed by atoms with E-state index >= 15 is 0 Å². The maximum absolute atomic E-state index is 11.9. The van der Waals surface area contributed by atoms with Gasteiger partial charge >= 0.3 is 6.03 Å². The van der Waals surface area contributed by atoms with Gasteiger partial charge in [-0.2, -0.15) is 0 Å². The first-order chi connectivity index (χ1) is 10.7. The number of hydrogen-bond donors (Lipinski definition) is 1. The first kappa shape index (κ1) is 15.4. The van der Waals surface area contributed by atoms with Gasteiger partial charge in [-0.1, -0.05) is 30.7 Å². The van der Waals surface area contributed by atoms with Crippen molar-refractivity contribution in [3.8, 4) is 0 Å². The minimum absolute atomic E-state index is 0.0331. The van der Waals surface area contributed by atoms with Gasteiger partial charge < -0.3 is 9.80 Å². The van der Waals surface area contributed by atoms with Crippen molar-refractivity contribution in [3.05, 3.63) is 28.8 Å². The highest BCUT2D eigenvalue weighted by Crippen LogP contribution is 2.30. The predicted molar refractivity (Wildman–Crippen MR) is 89.3 cm³/mol. The van der Waals surface area contributed by atoms with Crippen molar-refractivity contribution < 1.29 is 4.79 Å². The van der Waals surface area contributed by atoms with Gasteiger partial charge in [0.25, 0.3) is 0 Å². The van der Waals surface area contributed by atoms with E-state index in [4.69, 9.17) is 11.6 Å². The Hall–Kier alpha value is -1.46. The number of halogens is 1. The summed E-state index contributed by atoms with van der Waals surface area (Å²) >= 11 is 6.50. The number of carbonyl (C=O) groups is 1. The Morgan fingerprint density at radius 1 is 1.18 bits per heavy atom. The molecule has 3 rings (SSSR count). The van der Waals surface area contributed by atoms with Crippen LogP contribution in [0.15, 0.2) is 18.2 Å². The third-order valence-electron chi connectivity index (χ3n) is 4.46. The Labute approximate surface area is 136 Å². The quantitative estimate of drug-likeness (QED) is 0.928. The molecule has 1 N–H and O–H groups in total. The maximum Gasteiger partial charge on any atom is 0.331 e. The normalized spacial score (nSPS) is 19.0. The Morgan fingerprint density at radius 3 is 2.50 bits per heavy atom. The summed E-state index contributed by atoms with van der Waals surface area (Å²) in [7, 11) is 0. The molecule has 0 unspecified atom stereocenters. The van der Waals surface area contributed by atoms with E-state index in [0.29, 0.717) is 0 Å². The third-order valence-corrected chi connectivity index (χ3v) is 4.89. The second kappa shape index (κ2) is 6.75. The fraction of sp³-hybridized carbons (Fsp3) is 0.562. The number of nitrogens with one attached hydrogen (secondary N) is 1. The van der Waals surface area contributed by atoms with E-state index in [1.54, 1.807) is 0 Å². The summed E-state index contributed by atoms with van der Waals surface area (Å²) in [6.45, 7) is 7.24. The number of nitrogens with zero attached hydrogens (tertiary/aromatic N) is 3. The lowest BCUT2D eigenvalue weighted by Gasteiger charge is -2.39. The van der Waals surface area contributed by atoms with E-state index in [2.05, 4.69) is 35.4 Å². The molecule has 2 aliphatic rings. The summed E-state index contributed by atoms with van der Waals surface area (Å²) in [6.07, 6.45) is 2.06. The Bertz CT molecular complexity index is 539. The van der Waals surface area contributed by atoms with Crippen molar-refractivity contribution >= 4 is 23.3 Å². The minimum Gasteiger partial charge on any atom is -0.368 e. The van der Waals surface area contributed by atoms with Gasteiger partial charge in [0, 0.05) is 39.3 Å². The number of anilines is 1. The van der Waals surface area contributed by atoms with Gasteiger partial charge in [0.1, 0.15) is 0 Å². The summed E-state index contributed by atoms with van der Waals surface area (Å²) in [5.41, 5.74) is 5.28. The van der Waals surface area contributed by atoms with Gasteiger partial charge in [0.05, 0.1) is 10.7 Å². The first-order valence-corrected chi connectivity index (χ1v) is 8.39. The van der Waals surface area contributed by atoms with E-state index in [1.807, 2.05) is 9.91 Å². The number of amides is 2. The van der Waals surface area contributed by atoms with Crippen molar-refractivity contribution in [2.75, 3.05) is 44.2 Å². The van der Waals surface area contributed by atoms with E-state index < -0.39 is 0 Å². The minimum atomic E-state index is 0.0331.